The van der Waals surface area contributed by atoms with Crippen LogP contribution in [0.1, 0.15) is 19.0 Å². The first kappa shape index (κ1) is 29.2. The standard InChI is InChI=1S/C15H18ClN5O9S2.Na/c1-3-4-30-20-9(7-6-31-15(17-7)18-8(22)5-16)12(23)19-10-11(14(25)29-2)21(13(10)24)32(26,27)28;/h6,10-11H,3-5H2,1-2H3,(H,19,23)(H,17,18,22)(H,26,27,28);/q;+1/p-1/t10-,11-;/m1./s1. The molecule has 176 valence electrons. The molecule has 18 heteroatoms. The number of nitrogens with one attached hydrogen (secondary N) is 2. The summed E-state index contributed by atoms with van der Waals surface area (Å²) in [6.07, 6.45) is 0.550. The van der Waals surface area contributed by atoms with Crippen molar-refractivity contribution in [2.45, 2.75) is 25.4 Å². The van der Waals surface area contributed by atoms with Gasteiger partial charge in [0.2, 0.25) is 5.91 Å². The van der Waals surface area contributed by atoms with Crippen molar-refractivity contribution >= 4 is 67.8 Å². The molecule has 33 heavy (non-hydrogen) atoms. The third kappa shape index (κ3) is 7.08. The zero-order valence-electron chi connectivity index (χ0n) is 17.6. The van der Waals surface area contributed by atoms with E-state index < -0.39 is 51.8 Å². The quantitative estimate of drug-likeness (QED) is 0.0434. The molecule has 1 saturated heterocycles. The van der Waals surface area contributed by atoms with Gasteiger partial charge in [0.25, 0.3) is 11.8 Å². The van der Waals surface area contributed by atoms with Crippen LogP contribution in [0.4, 0.5) is 5.13 Å². The van der Waals surface area contributed by atoms with Crippen molar-refractivity contribution < 1.29 is 71.3 Å². The minimum atomic E-state index is -5.32. The van der Waals surface area contributed by atoms with Crippen LogP contribution in [-0.2, 0) is 39.1 Å². The average Bonchev–Trinajstić information content (AvgIpc) is 3.19. The summed E-state index contributed by atoms with van der Waals surface area (Å²) in [6, 6.07) is -3.59. The van der Waals surface area contributed by atoms with E-state index in [0.29, 0.717) is 6.42 Å². The second-order valence-electron chi connectivity index (χ2n) is 6.00. The first-order valence-corrected chi connectivity index (χ1v) is 11.5. The summed E-state index contributed by atoms with van der Waals surface area (Å²) >= 11 is 6.35. The van der Waals surface area contributed by atoms with Gasteiger partial charge in [-0.15, -0.1) is 22.9 Å². The fourth-order valence-electron chi connectivity index (χ4n) is 2.41. The summed E-state index contributed by atoms with van der Waals surface area (Å²) in [5.74, 6) is -4.48. The molecular formula is C15H17ClN5NaO9S2. The van der Waals surface area contributed by atoms with Gasteiger partial charge in [-0.05, 0) is 6.42 Å². The molecule has 0 spiro atoms. The number of β-lactam (4-membered cyclic amide) rings is 1. The van der Waals surface area contributed by atoms with Gasteiger partial charge in [0.1, 0.15) is 24.2 Å². The van der Waals surface area contributed by atoms with Gasteiger partial charge in [-0.2, -0.15) is 0 Å². The number of rotatable bonds is 10. The van der Waals surface area contributed by atoms with Crippen molar-refractivity contribution in [3.05, 3.63) is 11.1 Å². The van der Waals surface area contributed by atoms with Crippen LogP contribution in [0, 0.1) is 0 Å². The smallest absolute Gasteiger partial charge is 0.731 e. The maximum absolute atomic E-state index is 12.8. The molecule has 2 N–H and O–H groups in total. The van der Waals surface area contributed by atoms with E-state index in [1.807, 2.05) is 0 Å². The monoisotopic (exact) mass is 533 g/mol. The van der Waals surface area contributed by atoms with Crippen molar-refractivity contribution in [2.24, 2.45) is 5.16 Å². The van der Waals surface area contributed by atoms with Gasteiger partial charge in [0.15, 0.2) is 27.2 Å². The maximum Gasteiger partial charge on any atom is 1.00 e. The fourth-order valence-corrected chi connectivity index (χ4v) is 4.01. The first-order valence-electron chi connectivity index (χ1n) is 8.74. The van der Waals surface area contributed by atoms with Gasteiger partial charge in [0, 0.05) is 5.38 Å². The Morgan fingerprint density at radius 2 is 2.06 bits per heavy atom. The van der Waals surface area contributed by atoms with Gasteiger partial charge in [-0.1, -0.05) is 12.1 Å². The second-order valence-corrected chi connectivity index (χ2v) is 8.38. The van der Waals surface area contributed by atoms with Crippen LogP contribution < -0.4 is 40.2 Å². The van der Waals surface area contributed by atoms with E-state index in [1.54, 1.807) is 6.92 Å². The zero-order chi connectivity index (χ0) is 24.1. The number of nitrogens with zero attached hydrogens (tertiary/aromatic N) is 3. The van der Waals surface area contributed by atoms with Crippen LogP contribution in [0.2, 0.25) is 0 Å². The molecule has 2 rings (SSSR count). The third-order valence-corrected chi connectivity index (χ3v) is 5.69. The molecule has 1 aromatic heterocycles. The normalized spacial score (nSPS) is 18.0. The minimum absolute atomic E-state index is 0. The maximum atomic E-state index is 12.8. The number of hydrogen-bond acceptors (Lipinski definition) is 12. The molecule has 0 aromatic carbocycles. The number of aromatic nitrogens is 1. The minimum Gasteiger partial charge on any atom is -0.731 e. The second kappa shape index (κ2) is 12.6. The van der Waals surface area contributed by atoms with Crippen LogP contribution in [0.5, 0.6) is 0 Å². The molecule has 1 aliphatic rings. The van der Waals surface area contributed by atoms with E-state index >= 15 is 0 Å². The Hall–Kier alpha value is -1.82. The van der Waals surface area contributed by atoms with Crippen molar-refractivity contribution in [2.75, 3.05) is 24.9 Å². The third-order valence-electron chi connectivity index (χ3n) is 3.80. The van der Waals surface area contributed by atoms with Crippen molar-refractivity contribution in [3.8, 4) is 0 Å². The number of ether oxygens (including phenoxy) is 1. The number of alkyl halides is 1. The number of hydrogen-bond donors (Lipinski definition) is 2. The predicted molar refractivity (Wildman–Crippen MR) is 109 cm³/mol. The summed E-state index contributed by atoms with van der Waals surface area (Å²) < 4.78 is 38.0. The fraction of sp³-hybridized carbons (Fsp3) is 0.467. The topological polar surface area (TPSA) is 196 Å². The number of halogens is 1. The SMILES string of the molecule is CCCON=C(C(=O)N[C@H]1C(=O)N(S(=O)(=O)[O-])[C@H]1C(=O)OC)c1csc(NC(=O)CCl)n1.[Na+]. The van der Waals surface area contributed by atoms with Crippen LogP contribution >= 0.6 is 22.9 Å². The molecule has 0 radical (unpaired) electrons. The predicted octanol–water partition coefficient (Wildman–Crippen LogP) is -4.22. The molecule has 2 atom stereocenters. The summed E-state index contributed by atoms with van der Waals surface area (Å²) in [6.45, 7) is 1.91. The summed E-state index contributed by atoms with van der Waals surface area (Å²) in [7, 11) is -4.41. The van der Waals surface area contributed by atoms with Crippen LogP contribution in [0.3, 0.4) is 0 Å². The van der Waals surface area contributed by atoms with Crippen LogP contribution in [-0.4, -0.2) is 83.3 Å². The number of thiazole rings is 1. The summed E-state index contributed by atoms with van der Waals surface area (Å²) in [5.41, 5.74) is -0.482. The number of esters is 1. The Labute approximate surface area is 219 Å². The molecule has 0 aliphatic carbocycles. The van der Waals surface area contributed by atoms with Crippen molar-refractivity contribution in [3.63, 3.8) is 0 Å². The van der Waals surface area contributed by atoms with Gasteiger partial charge in [0.05, 0.1) is 7.11 Å². The summed E-state index contributed by atoms with van der Waals surface area (Å²) in [5, 5.41) is 9.64. The Morgan fingerprint density at radius 1 is 1.39 bits per heavy atom. The van der Waals surface area contributed by atoms with Crippen molar-refractivity contribution in [1.29, 1.82) is 0 Å². The Kier molecular flexibility index (Phi) is 11.1. The van der Waals surface area contributed by atoms with Gasteiger partial charge >= 0.3 is 35.5 Å². The van der Waals surface area contributed by atoms with E-state index in [9.17, 15) is 32.1 Å². The molecule has 1 aromatic rings. The van der Waals surface area contributed by atoms with E-state index in [2.05, 4.69) is 25.5 Å². The Balaban J connectivity index is 0.00000544. The molecule has 3 amide bonds. The zero-order valence-corrected chi connectivity index (χ0v) is 22.0. The largest absolute Gasteiger partial charge is 1.00 e. The Morgan fingerprint density at radius 3 is 2.61 bits per heavy atom. The molecular weight excluding hydrogens is 517 g/mol. The number of oxime groups is 1. The van der Waals surface area contributed by atoms with Gasteiger partial charge < -0.3 is 24.8 Å². The number of methoxy groups -OCH3 is 1. The number of carbonyl (C=O) groups excluding carboxylic acids is 4. The number of anilines is 1. The van der Waals surface area contributed by atoms with Gasteiger partial charge in [-0.25, -0.2) is 22.5 Å². The van der Waals surface area contributed by atoms with E-state index in [1.165, 1.54) is 5.38 Å². The molecule has 0 saturated carbocycles. The molecule has 14 nitrogen and oxygen atoms in total. The van der Waals surface area contributed by atoms with E-state index in [4.69, 9.17) is 16.4 Å². The van der Waals surface area contributed by atoms with Crippen LogP contribution in [0.15, 0.2) is 10.5 Å². The molecule has 1 fully saturated rings. The molecule has 2 heterocycles. The number of carbonyl (C=O) groups is 4. The average molecular weight is 534 g/mol. The Bertz CT molecular complexity index is 1050. The molecule has 0 bridgehead atoms. The summed E-state index contributed by atoms with van der Waals surface area (Å²) in [4.78, 5) is 57.2. The molecule has 1 aliphatic heterocycles. The van der Waals surface area contributed by atoms with E-state index in [0.717, 1.165) is 18.4 Å². The van der Waals surface area contributed by atoms with Crippen molar-refractivity contribution in [1.82, 2.24) is 14.6 Å². The molecule has 0 unspecified atom stereocenters. The first-order chi connectivity index (χ1) is 15.0. The number of amides is 3. The van der Waals surface area contributed by atoms with Crippen LogP contribution in [0.25, 0.3) is 0 Å². The van der Waals surface area contributed by atoms with Gasteiger partial charge in [-0.3, -0.25) is 14.4 Å². The van der Waals surface area contributed by atoms with E-state index in [-0.39, 0.29) is 57.2 Å².